The van der Waals surface area contributed by atoms with Crippen molar-refractivity contribution in [3.63, 3.8) is 0 Å². The van der Waals surface area contributed by atoms with E-state index in [2.05, 4.69) is 19.9 Å². The molecule has 0 N–H and O–H groups in total. The van der Waals surface area contributed by atoms with Gasteiger partial charge in [-0.15, -0.1) is 0 Å². The van der Waals surface area contributed by atoms with Crippen LogP contribution in [-0.4, -0.2) is 13.2 Å². The van der Waals surface area contributed by atoms with Crippen molar-refractivity contribution in [1.29, 1.82) is 5.26 Å². The van der Waals surface area contributed by atoms with E-state index in [0.29, 0.717) is 30.4 Å². The number of nitriles is 1. The highest BCUT2D eigenvalue weighted by Gasteiger charge is 2.10. The summed E-state index contributed by atoms with van der Waals surface area (Å²) in [6, 6.07) is 7.46. The molecule has 1 rings (SSSR count). The predicted molar refractivity (Wildman–Crippen MR) is 81.1 cm³/mol. The topological polar surface area (TPSA) is 42.2 Å². The Balaban J connectivity index is 2.68. The third-order valence-corrected chi connectivity index (χ3v) is 3.39. The molecule has 0 radical (unpaired) electrons. The summed E-state index contributed by atoms with van der Waals surface area (Å²) in [6.07, 6.45) is 4.79. The molecule has 1 aromatic rings. The Kier molecular flexibility index (Phi) is 7.57. The van der Waals surface area contributed by atoms with E-state index in [1.165, 1.54) is 19.3 Å². The molecule has 1 unspecified atom stereocenters. The van der Waals surface area contributed by atoms with Gasteiger partial charge in [0.15, 0.2) is 11.5 Å². The molecular weight excluding hydrogens is 250 g/mol. The molecule has 0 spiro atoms. The van der Waals surface area contributed by atoms with Gasteiger partial charge in [0, 0.05) is 6.07 Å². The molecule has 0 aliphatic carbocycles. The van der Waals surface area contributed by atoms with Crippen LogP contribution in [0.1, 0.15) is 52.0 Å². The van der Waals surface area contributed by atoms with Crippen LogP contribution in [0, 0.1) is 17.2 Å². The van der Waals surface area contributed by atoms with Crippen LogP contribution in [0.3, 0.4) is 0 Å². The summed E-state index contributed by atoms with van der Waals surface area (Å²) < 4.78 is 11.5. The lowest BCUT2D eigenvalue weighted by atomic mass is 10.0. The largest absolute Gasteiger partial charge is 0.490 e. The van der Waals surface area contributed by atoms with Crippen molar-refractivity contribution in [2.24, 2.45) is 5.92 Å². The van der Waals surface area contributed by atoms with Gasteiger partial charge in [0.2, 0.25) is 0 Å². The molecule has 110 valence electrons. The van der Waals surface area contributed by atoms with Crippen LogP contribution in [0.15, 0.2) is 18.2 Å². The third-order valence-electron chi connectivity index (χ3n) is 3.39. The third kappa shape index (κ3) is 5.13. The Morgan fingerprint density at radius 3 is 2.55 bits per heavy atom. The number of hydrogen-bond acceptors (Lipinski definition) is 3. The second-order valence-corrected chi connectivity index (χ2v) is 4.93. The molecule has 0 saturated heterocycles. The zero-order valence-corrected chi connectivity index (χ0v) is 12.8. The first kappa shape index (κ1) is 16.4. The van der Waals surface area contributed by atoms with Crippen molar-refractivity contribution in [3.05, 3.63) is 23.8 Å². The lowest BCUT2D eigenvalue weighted by molar-refractivity contribution is 0.219. The van der Waals surface area contributed by atoms with Crippen LogP contribution in [0.5, 0.6) is 11.5 Å². The van der Waals surface area contributed by atoms with Gasteiger partial charge >= 0.3 is 0 Å². The molecule has 0 aliphatic heterocycles. The smallest absolute Gasteiger partial charge is 0.162 e. The molecule has 3 nitrogen and oxygen atoms in total. The fourth-order valence-electron chi connectivity index (χ4n) is 2.07. The zero-order chi connectivity index (χ0) is 14.8. The summed E-state index contributed by atoms with van der Waals surface area (Å²) >= 11 is 0. The van der Waals surface area contributed by atoms with E-state index in [9.17, 15) is 0 Å². The van der Waals surface area contributed by atoms with Gasteiger partial charge in [-0.3, -0.25) is 0 Å². The second kappa shape index (κ2) is 9.25. The van der Waals surface area contributed by atoms with Gasteiger partial charge in [-0.05, 0) is 31.4 Å². The summed E-state index contributed by atoms with van der Waals surface area (Å²) in [4.78, 5) is 0. The SMILES string of the molecule is CCCCC(CC)COc1ccc(C#N)cc1OCC. The summed E-state index contributed by atoms with van der Waals surface area (Å²) in [5.74, 6) is 1.98. The van der Waals surface area contributed by atoms with Crippen molar-refractivity contribution in [1.82, 2.24) is 0 Å². The molecule has 0 bridgehead atoms. The van der Waals surface area contributed by atoms with E-state index in [1.54, 1.807) is 12.1 Å². The molecule has 3 heteroatoms. The average Bonchev–Trinajstić information content (AvgIpc) is 2.48. The minimum atomic E-state index is 0.568. The molecule has 0 amide bonds. The lowest BCUT2D eigenvalue weighted by Gasteiger charge is -2.17. The highest BCUT2D eigenvalue weighted by atomic mass is 16.5. The van der Waals surface area contributed by atoms with Crippen LogP contribution in [0.25, 0.3) is 0 Å². The monoisotopic (exact) mass is 275 g/mol. The lowest BCUT2D eigenvalue weighted by Crippen LogP contribution is -2.12. The van der Waals surface area contributed by atoms with Crippen molar-refractivity contribution in [2.75, 3.05) is 13.2 Å². The van der Waals surface area contributed by atoms with Gasteiger partial charge in [0.25, 0.3) is 0 Å². The van der Waals surface area contributed by atoms with Crippen molar-refractivity contribution in [2.45, 2.75) is 46.5 Å². The molecular formula is C17H25NO2. The van der Waals surface area contributed by atoms with E-state index in [1.807, 2.05) is 13.0 Å². The van der Waals surface area contributed by atoms with E-state index >= 15 is 0 Å². The summed E-state index contributed by atoms with van der Waals surface area (Å²) in [7, 11) is 0. The van der Waals surface area contributed by atoms with Crippen molar-refractivity contribution < 1.29 is 9.47 Å². The minimum absolute atomic E-state index is 0.568. The molecule has 0 aromatic heterocycles. The van der Waals surface area contributed by atoms with Crippen LogP contribution in [0.4, 0.5) is 0 Å². The van der Waals surface area contributed by atoms with Crippen LogP contribution >= 0.6 is 0 Å². The maximum atomic E-state index is 8.93. The van der Waals surface area contributed by atoms with Gasteiger partial charge in [-0.25, -0.2) is 0 Å². The van der Waals surface area contributed by atoms with E-state index in [4.69, 9.17) is 14.7 Å². The Morgan fingerprint density at radius 2 is 1.95 bits per heavy atom. The highest BCUT2D eigenvalue weighted by molar-refractivity contribution is 5.46. The number of hydrogen-bond donors (Lipinski definition) is 0. The van der Waals surface area contributed by atoms with E-state index in [0.717, 1.165) is 12.2 Å². The van der Waals surface area contributed by atoms with Crippen LogP contribution in [0.2, 0.25) is 0 Å². The first-order valence-electron chi connectivity index (χ1n) is 7.54. The Labute approximate surface area is 122 Å². The quantitative estimate of drug-likeness (QED) is 0.664. The molecule has 1 aromatic carbocycles. The van der Waals surface area contributed by atoms with Crippen LogP contribution < -0.4 is 9.47 Å². The molecule has 1 atom stereocenters. The number of ether oxygens (including phenoxy) is 2. The molecule has 0 heterocycles. The van der Waals surface area contributed by atoms with Crippen molar-refractivity contribution >= 4 is 0 Å². The average molecular weight is 275 g/mol. The van der Waals surface area contributed by atoms with Crippen molar-refractivity contribution in [3.8, 4) is 17.6 Å². The normalized spacial score (nSPS) is 11.7. The molecule has 0 saturated carbocycles. The molecule has 20 heavy (non-hydrogen) atoms. The first-order chi connectivity index (χ1) is 9.74. The fourth-order valence-corrected chi connectivity index (χ4v) is 2.07. The summed E-state index contributed by atoms with van der Waals surface area (Å²) in [5, 5.41) is 8.93. The number of rotatable bonds is 9. The van der Waals surface area contributed by atoms with E-state index in [-0.39, 0.29) is 0 Å². The van der Waals surface area contributed by atoms with Gasteiger partial charge < -0.3 is 9.47 Å². The Morgan fingerprint density at radius 1 is 1.15 bits per heavy atom. The van der Waals surface area contributed by atoms with Gasteiger partial charge in [0.05, 0.1) is 24.8 Å². The van der Waals surface area contributed by atoms with E-state index < -0.39 is 0 Å². The summed E-state index contributed by atoms with van der Waals surface area (Å²) in [6.45, 7) is 7.62. The van der Waals surface area contributed by atoms with Gasteiger partial charge in [-0.1, -0.05) is 33.1 Å². The fraction of sp³-hybridized carbons (Fsp3) is 0.588. The second-order valence-electron chi connectivity index (χ2n) is 4.93. The predicted octanol–water partition coefficient (Wildman–Crippen LogP) is 4.55. The van der Waals surface area contributed by atoms with Gasteiger partial charge in [-0.2, -0.15) is 5.26 Å². The zero-order valence-electron chi connectivity index (χ0n) is 12.8. The van der Waals surface area contributed by atoms with Crippen LogP contribution in [-0.2, 0) is 0 Å². The van der Waals surface area contributed by atoms with Gasteiger partial charge in [0.1, 0.15) is 0 Å². The highest BCUT2D eigenvalue weighted by Crippen LogP contribution is 2.29. The Bertz CT molecular complexity index is 437. The minimum Gasteiger partial charge on any atom is -0.490 e. The first-order valence-corrected chi connectivity index (χ1v) is 7.54. The standard InChI is InChI=1S/C17H25NO2/c1-4-7-8-14(5-2)13-20-16-10-9-15(12-18)11-17(16)19-6-3/h9-11,14H,4-8,13H2,1-3H3. The number of unbranched alkanes of at least 4 members (excludes halogenated alkanes) is 1. The maximum absolute atomic E-state index is 8.93. The molecule has 0 aliphatic rings. The number of nitrogens with zero attached hydrogens (tertiary/aromatic N) is 1. The maximum Gasteiger partial charge on any atom is 0.162 e. The number of benzene rings is 1. The summed E-state index contributed by atoms with van der Waals surface area (Å²) in [5.41, 5.74) is 0.596. The molecule has 0 fully saturated rings. The Hall–Kier alpha value is -1.69.